The number of ether oxygens (including phenoxy) is 1. The van der Waals surface area contributed by atoms with E-state index in [-0.39, 0.29) is 11.1 Å². The Morgan fingerprint density at radius 2 is 1.72 bits per heavy atom. The SMILES string of the molecule is CO/N=C1/CCc2cc(-c3ccc(N(C)C4CC(C)(C)NC(C)(C)C4)nn3)c(OC)cc21. The second kappa shape index (κ2) is 8.35. The third kappa shape index (κ3) is 4.44. The van der Waals surface area contributed by atoms with E-state index in [2.05, 4.69) is 72.4 Å². The smallest absolute Gasteiger partial charge is 0.151 e. The molecule has 1 fully saturated rings. The fourth-order valence-corrected chi connectivity index (χ4v) is 5.45. The number of nitrogens with one attached hydrogen (secondary N) is 1. The lowest BCUT2D eigenvalue weighted by atomic mass is 9.79. The highest BCUT2D eigenvalue weighted by atomic mass is 16.6. The Labute approximate surface area is 191 Å². The molecule has 0 saturated carbocycles. The summed E-state index contributed by atoms with van der Waals surface area (Å²) in [4.78, 5) is 7.27. The maximum absolute atomic E-state index is 5.69. The van der Waals surface area contributed by atoms with Gasteiger partial charge in [-0.05, 0) is 83.2 Å². The van der Waals surface area contributed by atoms with Crippen LogP contribution >= 0.6 is 0 Å². The van der Waals surface area contributed by atoms with Crippen molar-refractivity contribution in [1.82, 2.24) is 15.5 Å². The number of aryl methyl sites for hydroxylation is 1. The summed E-state index contributed by atoms with van der Waals surface area (Å²) in [5, 5.41) is 17.1. The normalized spacial score (nSPS) is 20.8. The molecule has 4 rings (SSSR count). The van der Waals surface area contributed by atoms with E-state index < -0.39 is 0 Å². The van der Waals surface area contributed by atoms with Crippen LogP contribution in [-0.4, -0.2) is 54.3 Å². The first-order chi connectivity index (χ1) is 15.1. The number of nitrogens with zero attached hydrogens (tertiary/aromatic N) is 4. The summed E-state index contributed by atoms with van der Waals surface area (Å²) in [7, 11) is 5.39. The molecule has 1 aliphatic heterocycles. The Morgan fingerprint density at radius 3 is 2.31 bits per heavy atom. The Bertz CT molecular complexity index is 998. The maximum atomic E-state index is 5.69. The van der Waals surface area contributed by atoms with Crippen molar-refractivity contribution in [2.24, 2.45) is 5.16 Å². The molecule has 172 valence electrons. The number of methoxy groups -OCH3 is 1. The fourth-order valence-electron chi connectivity index (χ4n) is 5.45. The number of anilines is 1. The van der Waals surface area contributed by atoms with Gasteiger partial charge in [-0.25, -0.2) is 0 Å². The maximum Gasteiger partial charge on any atom is 0.151 e. The molecule has 32 heavy (non-hydrogen) atoms. The minimum atomic E-state index is 0.0802. The molecule has 1 aliphatic carbocycles. The first-order valence-electron chi connectivity index (χ1n) is 11.3. The number of oxime groups is 1. The number of aromatic nitrogens is 2. The average Bonchev–Trinajstić information content (AvgIpc) is 3.12. The second-order valence-corrected chi connectivity index (χ2v) is 10.3. The second-order valence-electron chi connectivity index (χ2n) is 10.3. The van der Waals surface area contributed by atoms with Crippen LogP contribution in [0.15, 0.2) is 29.4 Å². The van der Waals surface area contributed by atoms with Crippen molar-refractivity contribution >= 4 is 11.5 Å². The quantitative estimate of drug-likeness (QED) is 0.707. The van der Waals surface area contributed by atoms with Gasteiger partial charge in [0.1, 0.15) is 12.9 Å². The van der Waals surface area contributed by atoms with Crippen molar-refractivity contribution in [2.45, 2.75) is 70.5 Å². The van der Waals surface area contributed by atoms with Gasteiger partial charge in [0.05, 0.1) is 18.5 Å². The lowest BCUT2D eigenvalue weighted by Gasteiger charge is -2.49. The van der Waals surface area contributed by atoms with Crippen LogP contribution < -0.4 is 15.0 Å². The molecule has 7 nitrogen and oxygen atoms in total. The lowest BCUT2D eigenvalue weighted by molar-refractivity contribution is 0.160. The van der Waals surface area contributed by atoms with Gasteiger partial charge < -0.3 is 19.8 Å². The van der Waals surface area contributed by atoms with Gasteiger partial charge in [0.15, 0.2) is 5.82 Å². The molecule has 7 heteroatoms. The van der Waals surface area contributed by atoms with E-state index in [1.807, 2.05) is 12.1 Å². The van der Waals surface area contributed by atoms with E-state index in [1.54, 1.807) is 14.2 Å². The Morgan fingerprint density at radius 1 is 1.00 bits per heavy atom. The molecule has 0 radical (unpaired) electrons. The summed E-state index contributed by atoms with van der Waals surface area (Å²) < 4.78 is 5.69. The summed E-state index contributed by atoms with van der Waals surface area (Å²) in [5.41, 5.74) is 5.21. The summed E-state index contributed by atoms with van der Waals surface area (Å²) >= 11 is 0. The highest BCUT2D eigenvalue weighted by molar-refractivity contribution is 6.05. The molecule has 1 N–H and O–H groups in total. The van der Waals surface area contributed by atoms with Crippen molar-refractivity contribution in [3.8, 4) is 17.0 Å². The van der Waals surface area contributed by atoms with Gasteiger partial charge >= 0.3 is 0 Å². The zero-order valence-corrected chi connectivity index (χ0v) is 20.3. The first-order valence-corrected chi connectivity index (χ1v) is 11.3. The van der Waals surface area contributed by atoms with Crippen LogP contribution in [0.25, 0.3) is 11.3 Å². The monoisotopic (exact) mass is 437 g/mol. The third-order valence-electron chi connectivity index (χ3n) is 6.57. The molecular weight excluding hydrogens is 402 g/mol. The van der Waals surface area contributed by atoms with Crippen LogP contribution in [0.5, 0.6) is 5.75 Å². The lowest BCUT2D eigenvalue weighted by Crippen LogP contribution is -2.62. The topological polar surface area (TPSA) is 71.9 Å². The van der Waals surface area contributed by atoms with Gasteiger partial charge in [0, 0.05) is 35.3 Å². The highest BCUT2D eigenvalue weighted by Gasteiger charge is 2.39. The minimum absolute atomic E-state index is 0.0802. The van der Waals surface area contributed by atoms with Crippen LogP contribution in [0.1, 0.15) is 58.1 Å². The van der Waals surface area contributed by atoms with E-state index in [9.17, 15) is 0 Å². The van der Waals surface area contributed by atoms with Crippen LogP contribution in [0.3, 0.4) is 0 Å². The van der Waals surface area contributed by atoms with Gasteiger partial charge in [-0.1, -0.05) is 5.16 Å². The van der Waals surface area contributed by atoms with Crippen LogP contribution in [0, 0.1) is 0 Å². The number of benzene rings is 1. The summed E-state index contributed by atoms with van der Waals surface area (Å²) in [6.45, 7) is 9.08. The van der Waals surface area contributed by atoms with Crippen molar-refractivity contribution in [2.75, 3.05) is 26.2 Å². The minimum Gasteiger partial charge on any atom is -0.496 e. The molecule has 0 spiro atoms. The molecule has 0 amide bonds. The molecule has 2 aliphatic rings. The Balaban J connectivity index is 1.60. The van der Waals surface area contributed by atoms with E-state index >= 15 is 0 Å². The molecule has 1 aromatic carbocycles. The third-order valence-corrected chi connectivity index (χ3v) is 6.57. The van der Waals surface area contributed by atoms with Crippen LogP contribution in [0.2, 0.25) is 0 Å². The Hall–Kier alpha value is -2.67. The summed E-state index contributed by atoms with van der Waals surface area (Å²) in [5.74, 6) is 1.66. The van der Waals surface area contributed by atoms with Crippen LogP contribution in [-0.2, 0) is 11.3 Å². The van der Waals surface area contributed by atoms with Gasteiger partial charge in [-0.3, -0.25) is 0 Å². The Kier molecular flexibility index (Phi) is 5.88. The molecular formula is C25H35N5O2. The molecule has 1 saturated heterocycles. The number of fused-ring (bicyclic) bond motifs is 1. The van der Waals surface area contributed by atoms with E-state index in [1.165, 1.54) is 5.56 Å². The van der Waals surface area contributed by atoms with Gasteiger partial charge in [0.25, 0.3) is 0 Å². The number of hydrogen-bond acceptors (Lipinski definition) is 7. The van der Waals surface area contributed by atoms with E-state index in [4.69, 9.17) is 9.57 Å². The first kappa shape index (κ1) is 22.5. The van der Waals surface area contributed by atoms with Gasteiger partial charge in [-0.15, -0.1) is 10.2 Å². The van der Waals surface area contributed by atoms with Gasteiger partial charge in [-0.2, -0.15) is 0 Å². The van der Waals surface area contributed by atoms with Crippen molar-refractivity contribution in [3.05, 3.63) is 35.4 Å². The molecule has 0 bridgehead atoms. The molecule has 1 aromatic heterocycles. The zero-order valence-electron chi connectivity index (χ0n) is 20.3. The molecule has 2 heterocycles. The summed E-state index contributed by atoms with van der Waals surface area (Å²) in [6, 6.07) is 8.69. The van der Waals surface area contributed by atoms with Crippen molar-refractivity contribution < 1.29 is 9.57 Å². The number of piperidine rings is 1. The van der Waals surface area contributed by atoms with E-state index in [0.717, 1.165) is 59.8 Å². The highest BCUT2D eigenvalue weighted by Crippen LogP contribution is 2.37. The summed E-state index contributed by atoms with van der Waals surface area (Å²) in [6.07, 6.45) is 3.92. The average molecular weight is 438 g/mol. The molecule has 0 atom stereocenters. The van der Waals surface area contributed by atoms with Gasteiger partial charge in [0.2, 0.25) is 0 Å². The van der Waals surface area contributed by atoms with Crippen LogP contribution in [0.4, 0.5) is 5.82 Å². The predicted molar refractivity (Wildman–Crippen MR) is 129 cm³/mol. The zero-order chi connectivity index (χ0) is 23.1. The standard InChI is InChI=1S/C25H35N5O2/c1-24(2)14-17(15-25(3,4)29-24)30(5)23-11-10-20(26-27-23)19-12-16-8-9-21(28-32-7)18(16)13-22(19)31-6/h10-13,17,29H,8-9,14-15H2,1-7H3/b28-21-. The molecule has 2 aromatic rings. The molecule has 0 unspecified atom stereocenters. The predicted octanol–water partition coefficient (Wildman–Crippen LogP) is 4.19. The number of rotatable bonds is 5. The number of hydrogen-bond donors (Lipinski definition) is 1. The van der Waals surface area contributed by atoms with Crippen molar-refractivity contribution in [1.29, 1.82) is 0 Å². The van der Waals surface area contributed by atoms with E-state index in [0.29, 0.717) is 6.04 Å². The van der Waals surface area contributed by atoms with Crippen molar-refractivity contribution in [3.63, 3.8) is 0 Å². The fraction of sp³-hybridized carbons (Fsp3) is 0.560. The largest absolute Gasteiger partial charge is 0.496 e.